The van der Waals surface area contributed by atoms with E-state index in [2.05, 4.69) is 10.4 Å². The number of carboxylic acids is 1. The van der Waals surface area contributed by atoms with Gasteiger partial charge >= 0.3 is 12.1 Å². The molecule has 0 radical (unpaired) electrons. The number of hydrogen-bond donors (Lipinski definition) is 2. The van der Waals surface area contributed by atoms with Gasteiger partial charge in [-0.15, -0.1) is 0 Å². The molecule has 7 heteroatoms. The normalized spacial score (nSPS) is 25.0. The first-order valence-electron chi connectivity index (χ1n) is 6.85. The van der Waals surface area contributed by atoms with Gasteiger partial charge in [-0.25, -0.2) is 4.79 Å². The Bertz CT molecular complexity index is 553. The van der Waals surface area contributed by atoms with Crippen LogP contribution in [0.4, 0.5) is 4.79 Å². The Balaban J connectivity index is 2.15. The summed E-state index contributed by atoms with van der Waals surface area (Å²) in [7, 11) is 1.78. The fraction of sp³-hybridized carbons (Fsp3) is 0.643. The van der Waals surface area contributed by atoms with Crippen molar-refractivity contribution in [2.75, 3.05) is 0 Å². The number of aliphatic carboxylic acids is 1. The number of ether oxygens (including phenoxy) is 1. The van der Waals surface area contributed by atoms with Crippen LogP contribution in [0.25, 0.3) is 0 Å². The highest BCUT2D eigenvalue weighted by atomic mass is 16.6. The smallest absolute Gasteiger partial charge is 0.408 e. The minimum atomic E-state index is -0.854. The average Bonchev–Trinajstić information content (AvgIpc) is 2.66. The highest BCUT2D eigenvalue weighted by molar-refractivity contribution is 5.74. The number of aryl methyl sites for hydroxylation is 1. The van der Waals surface area contributed by atoms with Crippen molar-refractivity contribution in [2.45, 2.75) is 44.8 Å². The highest BCUT2D eigenvalue weighted by Crippen LogP contribution is 2.45. The lowest BCUT2D eigenvalue weighted by atomic mass is 9.66. The second-order valence-corrected chi connectivity index (χ2v) is 6.53. The standard InChI is InChI=1S/C14H21N3O4/c1-13(2,3)21-12(20)15-14(7-9(8-14)11(18)19)10-5-6-17(4)16-10/h5-6,9H,7-8H2,1-4H3,(H,15,20)(H,18,19). The number of nitrogens with zero attached hydrogens (tertiary/aromatic N) is 2. The summed E-state index contributed by atoms with van der Waals surface area (Å²) in [6, 6.07) is 1.79. The van der Waals surface area contributed by atoms with Crippen molar-refractivity contribution in [3.05, 3.63) is 18.0 Å². The SMILES string of the molecule is Cn1ccc(C2(NC(=O)OC(C)(C)C)CC(C(=O)O)C2)n1. The number of carboxylic acid groups (broad SMARTS) is 1. The van der Waals surface area contributed by atoms with Gasteiger partial charge in [0.2, 0.25) is 0 Å². The third kappa shape index (κ3) is 3.34. The monoisotopic (exact) mass is 295 g/mol. The summed E-state index contributed by atoms with van der Waals surface area (Å²) in [5, 5.41) is 16.2. The molecule has 0 unspecified atom stereocenters. The molecule has 1 amide bonds. The van der Waals surface area contributed by atoms with E-state index in [-0.39, 0.29) is 0 Å². The molecular formula is C14H21N3O4. The maximum absolute atomic E-state index is 12.0. The molecule has 1 heterocycles. The molecule has 2 rings (SSSR count). The largest absolute Gasteiger partial charge is 0.481 e. The predicted molar refractivity (Wildman–Crippen MR) is 74.6 cm³/mol. The molecule has 1 aliphatic rings. The van der Waals surface area contributed by atoms with E-state index in [1.54, 1.807) is 44.8 Å². The first-order chi connectivity index (χ1) is 9.61. The van der Waals surface area contributed by atoms with E-state index in [1.807, 2.05) is 0 Å². The van der Waals surface area contributed by atoms with Gasteiger partial charge in [0.15, 0.2) is 0 Å². The molecule has 2 N–H and O–H groups in total. The number of alkyl carbamates (subject to hydrolysis) is 1. The summed E-state index contributed by atoms with van der Waals surface area (Å²) in [5.41, 5.74) is -0.703. The van der Waals surface area contributed by atoms with Crippen LogP contribution in [-0.4, -0.2) is 32.6 Å². The van der Waals surface area contributed by atoms with Gasteiger partial charge in [0, 0.05) is 13.2 Å². The van der Waals surface area contributed by atoms with E-state index in [9.17, 15) is 9.59 Å². The quantitative estimate of drug-likeness (QED) is 0.884. The summed E-state index contributed by atoms with van der Waals surface area (Å²) in [5.74, 6) is -1.32. The Kier molecular flexibility index (Phi) is 3.69. The molecular weight excluding hydrogens is 274 g/mol. The van der Waals surface area contributed by atoms with Crippen molar-refractivity contribution >= 4 is 12.1 Å². The molecule has 1 aromatic rings. The molecule has 1 aromatic heterocycles. The Hall–Kier alpha value is -2.05. The lowest BCUT2D eigenvalue weighted by molar-refractivity contribution is -0.148. The van der Waals surface area contributed by atoms with Crippen LogP contribution in [-0.2, 0) is 22.1 Å². The predicted octanol–water partition coefficient (Wildman–Crippen LogP) is 1.63. The molecule has 0 bridgehead atoms. The van der Waals surface area contributed by atoms with Crippen LogP contribution < -0.4 is 5.32 Å². The number of aromatic nitrogens is 2. The number of rotatable bonds is 3. The Labute approximate surface area is 123 Å². The lowest BCUT2D eigenvalue weighted by Gasteiger charge is -2.45. The van der Waals surface area contributed by atoms with Crippen molar-refractivity contribution in [1.82, 2.24) is 15.1 Å². The van der Waals surface area contributed by atoms with Crippen molar-refractivity contribution in [3.8, 4) is 0 Å². The van der Waals surface area contributed by atoms with Crippen LogP contribution in [0.3, 0.4) is 0 Å². The van der Waals surface area contributed by atoms with Crippen LogP contribution in [0.2, 0.25) is 0 Å². The molecule has 0 atom stereocenters. The van der Waals surface area contributed by atoms with Crippen LogP contribution in [0, 0.1) is 5.92 Å². The molecule has 1 aliphatic carbocycles. The van der Waals surface area contributed by atoms with Gasteiger partial charge in [-0.1, -0.05) is 0 Å². The minimum Gasteiger partial charge on any atom is -0.481 e. The number of carbonyl (C=O) groups excluding carboxylic acids is 1. The summed E-state index contributed by atoms with van der Waals surface area (Å²) in [4.78, 5) is 23.1. The molecule has 21 heavy (non-hydrogen) atoms. The number of carbonyl (C=O) groups is 2. The van der Waals surface area contributed by atoms with E-state index < -0.39 is 29.1 Å². The van der Waals surface area contributed by atoms with E-state index in [1.165, 1.54) is 0 Å². The molecule has 0 aliphatic heterocycles. The van der Waals surface area contributed by atoms with E-state index >= 15 is 0 Å². The van der Waals surface area contributed by atoms with Crippen LogP contribution >= 0.6 is 0 Å². The van der Waals surface area contributed by atoms with Gasteiger partial charge in [0.1, 0.15) is 5.60 Å². The van der Waals surface area contributed by atoms with Gasteiger partial charge in [-0.3, -0.25) is 9.48 Å². The third-order valence-corrected chi connectivity index (χ3v) is 3.48. The Morgan fingerprint density at radius 1 is 1.48 bits per heavy atom. The first kappa shape index (κ1) is 15.3. The van der Waals surface area contributed by atoms with Gasteiger partial charge in [0.25, 0.3) is 0 Å². The molecule has 1 fully saturated rings. The van der Waals surface area contributed by atoms with E-state index in [4.69, 9.17) is 9.84 Å². The van der Waals surface area contributed by atoms with Crippen LogP contribution in [0.1, 0.15) is 39.3 Å². The number of amides is 1. The topological polar surface area (TPSA) is 93.5 Å². The zero-order valence-corrected chi connectivity index (χ0v) is 12.7. The second kappa shape index (κ2) is 5.05. The average molecular weight is 295 g/mol. The third-order valence-electron chi connectivity index (χ3n) is 3.48. The van der Waals surface area contributed by atoms with Crippen molar-refractivity contribution in [1.29, 1.82) is 0 Å². The maximum atomic E-state index is 12.0. The summed E-state index contributed by atoms with van der Waals surface area (Å²) in [6.45, 7) is 5.34. The van der Waals surface area contributed by atoms with Gasteiger partial charge < -0.3 is 15.2 Å². The molecule has 0 spiro atoms. The van der Waals surface area contributed by atoms with Gasteiger partial charge in [-0.2, -0.15) is 5.10 Å². The van der Waals surface area contributed by atoms with E-state index in [0.29, 0.717) is 18.5 Å². The fourth-order valence-corrected chi connectivity index (χ4v) is 2.50. The van der Waals surface area contributed by atoms with Crippen molar-refractivity contribution < 1.29 is 19.4 Å². The Morgan fingerprint density at radius 3 is 2.52 bits per heavy atom. The van der Waals surface area contributed by atoms with Crippen molar-refractivity contribution in [3.63, 3.8) is 0 Å². The highest BCUT2D eigenvalue weighted by Gasteiger charge is 2.51. The molecule has 0 aromatic carbocycles. The maximum Gasteiger partial charge on any atom is 0.408 e. The number of hydrogen-bond acceptors (Lipinski definition) is 4. The molecule has 0 saturated heterocycles. The molecule has 116 valence electrons. The zero-order valence-electron chi connectivity index (χ0n) is 12.7. The first-order valence-corrected chi connectivity index (χ1v) is 6.85. The minimum absolute atomic E-state index is 0.318. The lowest BCUT2D eigenvalue weighted by Crippen LogP contribution is -2.57. The second-order valence-electron chi connectivity index (χ2n) is 6.53. The van der Waals surface area contributed by atoms with Crippen LogP contribution in [0.5, 0.6) is 0 Å². The van der Waals surface area contributed by atoms with Gasteiger partial charge in [0.05, 0.1) is 17.2 Å². The fourth-order valence-electron chi connectivity index (χ4n) is 2.50. The summed E-state index contributed by atoms with van der Waals surface area (Å²) in [6.07, 6.45) is 1.84. The summed E-state index contributed by atoms with van der Waals surface area (Å²) >= 11 is 0. The van der Waals surface area contributed by atoms with Crippen molar-refractivity contribution in [2.24, 2.45) is 13.0 Å². The Morgan fingerprint density at radius 2 is 2.10 bits per heavy atom. The zero-order chi connectivity index (χ0) is 15.8. The van der Waals surface area contributed by atoms with Gasteiger partial charge in [-0.05, 0) is 39.7 Å². The summed E-state index contributed by atoms with van der Waals surface area (Å²) < 4.78 is 6.89. The number of nitrogens with one attached hydrogen (secondary N) is 1. The van der Waals surface area contributed by atoms with Crippen LogP contribution in [0.15, 0.2) is 12.3 Å². The molecule has 1 saturated carbocycles. The van der Waals surface area contributed by atoms with E-state index in [0.717, 1.165) is 0 Å². The molecule has 7 nitrogen and oxygen atoms in total.